The van der Waals surface area contributed by atoms with E-state index in [1.54, 1.807) is 18.3 Å². The second-order valence-corrected chi connectivity index (χ2v) is 5.20. The molecule has 3 nitrogen and oxygen atoms in total. The van der Waals surface area contributed by atoms with Crippen LogP contribution in [0.3, 0.4) is 0 Å². The summed E-state index contributed by atoms with van der Waals surface area (Å²) in [6.45, 7) is 0. The van der Waals surface area contributed by atoms with Gasteiger partial charge in [-0.1, -0.05) is 22.0 Å². The Labute approximate surface area is 120 Å². The van der Waals surface area contributed by atoms with Crippen molar-refractivity contribution in [1.29, 1.82) is 0 Å². The van der Waals surface area contributed by atoms with Crippen molar-refractivity contribution < 1.29 is 4.39 Å². The molecule has 0 spiro atoms. The molecule has 0 aliphatic heterocycles. The van der Waals surface area contributed by atoms with E-state index in [4.69, 9.17) is 5.84 Å². The largest absolute Gasteiger partial charge is 0.271 e. The summed E-state index contributed by atoms with van der Waals surface area (Å²) in [6, 6.07) is 8.53. The zero-order chi connectivity index (χ0) is 13.7. The van der Waals surface area contributed by atoms with Gasteiger partial charge >= 0.3 is 0 Å². The van der Waals surface area contributed by atoms with Crippen LogP contribution in [0, 0.1) is 5.82 Å². The summed E-state index contributed by atoms with van der Waals surface area (Å²) in [5, 5.41) is 0. The topological polar surface area (TPSA) is 50.9 Å². The molecule has 3 N–H and O–H groups in total. The molecule has 1 unspecified atom stereocenters. The van der Waals surface area contributed by atoms with E-state index >= 15 is 0 Å². The van der Waals surface area contributed by atoms with Crippen molar-refractivity contribution in [2.75, 3.05) is 0 Å². The highest BCUT2D eigenvalue weighted by molar-refractivity contribution is 9.10. The highest BCUT2D eigenvalue weighted by Crippen LogP contribution is 2.24. The number of hydrogen-bond donors (Lipinski definition) is 2. The van der Waals surface area contributed by atoms with Crippen molar-refractivity contribution in [2.24, 2.45) is 5.84 Å². The Balaban J connectivity index is 2.10. The third-order valence-corrected chi connectivity index (χ3v) is 3.47. The van der Waals surface area contributed by atoms with E-state index in [0.29, 0.717) is 12.0 Å². The fraction of sp³-hybridized carbons (Fsp3) is 0.214. The van der Waals surface area contributed by atoms with Gasteiger partial charge in [0.15, 0.2) is 0 Å². The average Bonchev–Trinajstić information content (AvgIpc) is 2.44. The standard InChI is InChI=1S/C14H15BrFN3/c15-11-4-5-13(16)12(8-11)14(19-17)6-3-10-2-1-7-18-9-10/h1-2,4-5,7-9,14,19H,3,6,17H2. The van der Waals surface area contributed by atoms with Crippen LogP contribution in [-0.2, 0) is 6.42 Å². The van der Waals surface area contributed by atoms with E-state index in [1.807, 2.05) is 18.3 Å². The van der Waals surface area contributed by atoms with Crippen molar-refractivity contribution in [3.8, 4) is 0 Å². The summed E-state index contributed by atoms with van der Waals surface area (Å²) < 4.78 is 14.6. The Hall–Kier alpha value is -1.30. The summed E-state index contributed by atoms with van der Waals surface area (Å²) in [5.74, 6) is 5.29. The van der Waals surface area contributed by atoms with E-state index in [-0.39, 0.29) is 11.9 Å². The molecule has 1 atom stereocenters. The average molecular weight is 324 g/mol. The molecule has 0 saturated carbocycles. The summed E-state index contributed by atoms with van der Waals surface area (Å²) >= 11 is 3.34. The van der Waals surface area contributed by atoms with Crippen molar-refractivity contribution in [3.63, 3.8) is 0 Å². The van der Waals surface area contributed by atoms with Gasteiger partial charge in [0.25, 0.3) is 0 Å². The van der Waals surface area contributed by atoms with Crippen LogP contribution in [0.1, 0.15) is 23.6 Å². The van der Waals surface area contributed by atoms with E-state index in [0.717, 1.165) is 16.5 Å². The number of nitrogens with zero attached hydrogens (tertiary/aromatic N) is 1. The first-order valence-corrected chi connectivity index (χ1v) is 6.80. The van der Waals surface area contributed by atoms with Gasteiger partial charge in [0.2, 0.25) is 0 Å². The van der Waals surface area contributed by atoms with E-state index in [2.05, 4.69) is 26.3 Å². The van der Waals surface area contributed by atoms with E-state index < -0.39 is 0 Å². The van der Waals surface area contributed by atoms with Crippen LogP contribution in [0.5, 0.6) is 0 Å². The third-order valence-electron chi connectivity index (χ3n) is 2.98. The Morgan fingerprint density at radius 1 is 1.37 bits per heavy atom. The Kier molecular flexibility index (Phi) is 5.01. The molecule has 1 heterocycles. The first-order chi connectivity index (χ1) is 9.20. The number of halogens is 2. The van der Waals surface area contributed by atoms with Crippen LogP contribution in [0.15, 0.2) is 47.2 Å². The number of benzene rings is 1. The maximum absolute atomic E-state index is 13.8. The van der Waals surface area contributed by atoms with Gasteiger partial charge in [-0.15, -0.1) is 0 Å². The second-order valence-electron chi connectivity index (χ2n) is 4.29. The number of aryl methyl sites for hydroxylation is 1. The molecular weight excluding hydrogens is 309 g/mol. The van der Waals surface area contributed by atoms with Crippen LogP contribution in [0.25, 0.3) is 0 Å². The highest BCUT2D eigenvalue weighted by atomic mass is 79.9. The second kappa shape index (κ2) is 6.75. The third kappa shape index (κ3) is 3.83. The fourth-order valence-corrected chi connectivity index (χ4v) is 2.35. The SMILES string of the molecule is NNC(CCc1cccnc1)c1cc(Br)ccc1F. The van der Waals surface area contributed by atoms with Gasteiger partial charge in [-0.05, 0) is 42.7 Å². The van der Waals surface area contributed by atoms with Crippen LogP contribution in [-0.4, -0.2) is 4.98 Å². The maximum atomic E-state index is 13.8. The van der Waals surface area contributed by atoms with Crippen LogP contribution in [0.4, 0.5) is 4.39 Å². The van der Waals surface area contributed by atoms with Crippen molar-refractivity contribution in [1.82, 2.24) is 10.4 Å². The summed E-state index contributed by atoms with van der Waals surface area (Å²) in [7, 11) is 0. The molecule has 0 amide bonds. The normalized spacial score (nSPS) is 12.4. The number of pyridine rings is 1. The molecule has 100 valence electrons. The molecule has 0 saturated heterocycles. The summed E-state index contributed by atoms with van der Waals surface area (Å²) in [5.41, 5.74) is 4.35. The lowest BCUT2D eigenvalue weighted by Gasteiger charge is -2.17. The van der Waals surface area contributed by atoms with Gasteiger partial charge in [0.05, 0.1) is 0 Å². The Bertz CT molecular complexity index is 533. The lowest BCUT2D eigenvalue weighted by atomic mass is 10.00. The predicted molar refractivity (Wildman–Crippen MR) is 76.7 cm³/mol. The van der Waals surface area contributed by atoms with Gasteiger partial charge in [0, 0.05) is 28.5 Å². The lowest BCUT2D eigenvalue weighted by Crippen LogP contribution is -2.29. The van der Waals surface area contributed by atoms with Gasteiger partial charge < -0.3 is 0 Å². The number of aromatic nitrogens is 1. The molecule has 0 fully saturated rings. The Morgan fingerprint density at radius 2 is 2.21 bits per heavy atom. The maximum Gasteiger partial charge on any atom is 0.128 e. The van der Waals surface area contributed by atoms with Crippen molar-refractivity contribution in [3.05, 3.63) is 64.1 Å². The number of nitrogens with one attached hydrogen (secondary N) is 1. The van der Waals surface area contributed by atoms with Crippen molar-refractivity contribution >= 4 is 15.9 Å². The Morgan fingerprint density at radius 3 is 2.89 bits per heavy atom. The first kappa shape index (κ1) is 14.1. The zero-order valence-corrected chi connectivity index (χ0v) is 11.9. The molecule has 1 aromatic carbocycles. The molecular formula is C14H15BrFN3. The fourth-order valence-electron chi connectivity index (χ4n) is 1.97. The van der Waals surface area contributed by atoms with Crippen LogP contribution >= 0.6 is 15.9 Å². The van der Waals surface area contributed by atoms with Gasteiger partial charge in [-0.2, -0.15) is 0 Å². The molecule has 2 rings (SSSR count). The number of rotatable bonds is 5. The van der Waals surface area contributed by atoms with Crippen LogP contribution < -0.4 is 11.3 Å². The van der Waals surface area contributed by atoms with Crippen molar-refractivity contribution in [2.45, 2.75) is 18.9 Å². The zero-order valence-electron chi connectivity index (χ0n) is 10.3. The minimum absolute atomic E-state index is 0.224. The summed E-state index contributed by atoms with van der Waals surface area (Å²) in [4.78, 5) is 4.06. The van der Waals surface area contributed by atoms with E-state index in [1.165, 1.54) is 6.07 Å². The quantitative estimate of drug-likeness (QED) is 0.656. The summed E-state index contributed by atoms with van der Waals surface area (Å²) in [6.07, 6.45) is 5.03. The molecule has 1 aromatic heterocycles. The van der Waals surface area contributed by atoms with Gasteiger partial charge in [0.1, 0.15) is 5.82 Å². The predicted octanol–water partition coefficient (Wildman–Crippen LogP) is 3.12. The van der Waals surface area contributed by atoms with Crippen LogP contribution in [0.2, 0.25) is 0 Å². The molecule has 0 radical (unpaired) electrons. The minimum atomic E-state index is -0.252. The molecule has 5 heteroatoms. The molecule has 0 aliphatic rings. The molecule has 2 aromatic rings. The molecule has 19 heavy (non-hydrogen) atoms. The van der Waals surface area contributed by atoms with Gasteiger partial charge in [-0.3, -0.25) is 16.3 Å². The minimum Gasteiger partial charge on any atom is -0.271 e. The molecule has 0 aliphatic carbocycles. The van der Waals surface area contributed by atoms with Gasteiger partial charge in [-0.25, -0.2) is 4.39 Å². The highest BCUT2D eigenvalue weighted by Gasteiger charge is 2.14. The number of hydrazine groups is 1. The smallest absolute Gasteiger partial charge is 0.128 e. The first-order valence-electron chi connectivity index (χ1n) is 6.00. The van der Waals surface area contributed by atoms with E-state index in [9.17, 15) is 4.39 Å². The number of hydrogen-bond acceptors (Lipinski definition) is 3. The lowest BCUT2D eigenvalue weighted by molar-refractivity contribution is 0.485. The monoisotopic (exact) mass is 323 g/mol. The number of nitrogens with two attached hydrogens (primary N) is 1. The molecule has 0 bridgehead atoms.